The van der Waals surface area contributed by atoms with Gasteiger partial charge in [-0.05, 0) is 24.4 Å². The van der Waals surface area contributed by atoms with Crippen LogP contribution in [0.1, 0.15) is 18.2 Å². The first-order chi connectivity index (χ1) is 8.88. The van der Waals surface area contributed by atoms with E-state index in [0.29, 0.717) is 26.1 Å². The van der Waals surface area contributed by atoms with Crippen LogP contribution in [-0.2, 0) is 21.4 Å². The van der Waals surface area contributed by atoms with Crippen molar-refractivity contribution in [1.29, 1.82) is 0 Å². The van der Waals surface area contributed by atoms with Crippen LogP contribution in [-0.4, -0.2) is 33.7 Å². The molecule has 0 fully saturated rings. The molecular weight excluding hydrogens is 286 g/mol. The fourth-order valence-corrected chi connectivity index (χ4v) is 2.77. The first-order valence-corrected chi connectivity index (χ1v) is 8.65. The number of thiophene rings is 1. The fourth-order valence-electron chi connectivity index (χ4n) is 1.45. The summed E-state index contributed by atoms with van der Waals surface area (Å²) < 4.78 is 24.1. The monoisotopic (exact) mass is 305 g/mol. The summed E-state index contributed by atoms with van der Waals surface area (Å²) in [5, 5.41) is 7.90. The molecule has 0 aromatic carbocycles. The number of amides is 1. The lowest BCUT2D eigenvalue weighted by Gasteiger charge is -2.06. The first-order valence-electron chi connectivity index (χ1n) is 5.88. The molecule has 0 spiro atoms. The minimum Gasteiger partial charge on any atom is -0.325 e. The third-order valence-corrected chi connectivity index (χ3v) is 3.89. The highest BCUT2D eigenvalue weighted by Gasteiger charge is 2.05. The van der Waals surface area contributed by atoms with Gasteiger partial charge in [-0.15, -0.1) is 11.3 Å². The maximum Gasteiger partial charge on any atom is 0.221 e. The van der Waals surface area contributed by atoms with Crippen molar-refractivity contribution in [3.05, 3.63) is 16.3 Å². The molecule has 0 atom stereocenters. The highest BCUT2D eigenvalue weighted by atomic mass is 32.2. The quantitative estimate of drug-likeness (QED) is 0.618. The molecule has 1 aromatic rings. The number of nitrogens with one attached hydrogen (secondary N) is 3. The van der Waals surface area contributed by atoms with Gasteiger partial charge in [-0.2, -0.15) is 0 Å². The molecule has 0 aliphatic rings. The molecule has 108 valence electrons. The zero-order chi connectivity index (χ0) is 14.3. The molecule has 0 radical (unpaired) electrons. The van der Waals surface area contributed by atoms with Crippen molar-refractivity contribution in [3.8, 4) is 0 Å². The summed E-state index contributed by atoms with van der Waals surface area (Å²) >= 11 is 1.57. The van der Waals surface area contributed by atoms with Crippen LogP contribution in [0.2, 0.25) is 0 Å². The van der Waals surface area contributed by atoms with Crippen molar-refractivity contribution in [1.82, 2.24) is 10.0 Å². The Morgan fingerprint density at radius 1 is 1.37 bits per heavy atom. The van der Waals surface area contributed by atoms with Crippen molar-refractivity contribution < 1.29 is 13.2 Å². The first kappa shape index (κ1) is 16.1. The normalized spacial score (nSPS) is 11.5. The summed E-state index contributed by atoms with van der Waals surface area (Å²) in [6.07, 6.45) is 1.86. The van der Waals surface area contributed by atoms with E-state index in [1.807, 2.05) is 11.4 Å². The van der Waals surface area contributed by atoms with Crippen molar-refractivity contribution in [3.63, 3.8) is 0 Å². The molecule has 0 saturated carbocycles. The van der Waals surface area contributed by atoms with E-state index in [1.54, 1.807) is 11.3 Å². The Morgan fingerprint density at radius 3 is 2.74 bits per heavy atom. The van der Waals surface area contributed by atoms with E-state index >= 15 is 0 Å². The number of sulfonamides is 1. The molecule has 1 rings (SSSR count). The van der Waals surface area contributed by atoms with E-state index in [2.05, 4.69) is 15.4 Å². The van der Waals surface area contributed by atoms with Crippen molar-refractivity contribution in [2.24, 2.45) is 0 Å². The van der Waals surface area contributed by atoms with Gasteiger partial charge in [-0.1, -0.05) is 0 Å². The van der Waals surface area contributed by atoms with E-state index in [4.69, 9.17) is 0 Å². The molecular formula is C11H19N3O3S2. The topological polar surface area (TPSA) is 87.3 Å². The maximum absolute atomic E-state index is 11.0. The van der Waals surface area contributed by atoms with Crippen molar-refractivity contribution in [2.75, 3.05) is 24.7 Å². The molecule has 0 saturated heterocycles. The zero-order valence-electron chi connectivity index (χ0n) is 11.0. The van der Waals surface area contributed by atoms with Crippen molar-refractivity contribution >= 4 is 33.0 Å². The van der Waals surface area contributed by atoms with Crippen LogP contribution in [0.25, 0.3) is 0 Å². The van der Waals surface area contributed by atoms with E-state index in [9.17, 15) is 13.2 Å². The fraction of sp³-hybridized carbons (Fsp3) is 0.545. The van der Waals surface area contributed by atoms with Gasteiger partial charge in [0.1, 0.15) is 0 Å². The summed E-state index contributed by atoms with van der Waals surface area (Å²) in [4.78, 5) is 12.0. The SMILES string of the molecule is CC(=O)Nc1ccsc1CNCCCNS(C)(=O)=O. The second kappa shape index (κ2) is 7.59. The second-order valence-corrected chi connectivity index (χ2v) is 6.97. The molecule has 0 bridgehead atoms. The Labute approximate surface area is 117 Å². The standard InChI is InChI=1S/C11H19N3O3S2/c1-9(15)14-10-4-7-18-11(10)8-12-5-3-6-13-19(2,16)17/h4,7,12-13H,3,5-6,8H2,1-2H3,(H,14,15). The van der Waals surface area contributed by atoms with Gasteiger partial charge in [0.2, 0.25) is 15.9 Å². The van der Waals surface area contributed by atoms with Crippen molar-refractivity contribution in [2.45, 2.75) is 19.9 Å². The predicted octanol–water partition coefficient (Wildman–Crippen LogP) is 0.735. The molecule has 0 aliphatic heterocycles. The molecule has 1 aromatic heterocycles. The smallest absolute Gasteiger partial charge is 0.221 e. The third-order valence-electron chi connectivity index (χ3n) is 2.24. The molecule has 1 amide bonds. The molecule has 0 unspecified atom stereocenters. The molecule has 3 N–H and O–H groups in total. The number of hydrogen-bond donors (Lipinski definition) is 3. The van der Waals surface area contributed by atoms with Crippen LogP contribution in [0.5, 0.6) is 0 Å². The Balaban J connectivity index is 2.23. The number of rotatable bonds is 8. The summed E-state index contributed by atoms with van der Waals surface area (Å²) in [7, 11) is -3.10. The van der Waals surface area contributed by atoms with E-state index in [1.165, 1.54) is 6.92 Å². The predicted molar refractivity (Wildman–Crippen MR) is 77.8 cm³/mol. The number of carbonyl (C=O) groups is 1. The lowest BCUT2D eigenvalue weighted by Crippen LogP contribution is -2.26. The van der Waals surface area contributed by atoms with Crippen LogP contribution in [0.15, 0.2) is 11.4 Å². The molecule has 19 heavy (non-hydrogen) atoms. The zero-order valence-corrected chi connectivity index (χ0v) is 12.7. The average molecular weight is 305 g/mol. The summed E-state index contributed by atoms with van der Waals surface area (Å²) in [6, 6.07) is 1.87. The Morgan fingerprint density at radius 2 is 2.11 bits per heavy atom. The number of anilines is 1. The van der Waals surface area contributed by atoms with Crippen LogP contribution in [0, 0.1) is 0 Å². The van der Waals surface area contributed by atoms with Crippen LogP contribution >= 0.6 is 11.3 Å². The van der Waals surface area contributed by atoms with Gasteiger partial charge in [0, 0.05) is 24.9 Å². The van der Waals surface area contributed by atoms with E-state index in [-0.39, 0.29) is 5.91 Å². The van der Waals surface area contributed by atoms with Gasteiger partial charge in [-0.3, -0.25) is 4.79 Å². The van der Waals surface area contributed by atoms with Gasteiger partial charge in [0.25, 0.3) is 0 Å². The molecule has 0 aliphatic carbocycles. The molecule has 6 nitrogen and oxygen atoms in total. The van der Waals surface area contributed by atoms with Crippen LogP contribution in [0.4, 0.5) is 5.69 Å². The van der Waals surface area contributed by atoms with Crippen LogP contribution < -0.4 is 15.4 Å². The number of carbonyl (C=O) groups excluding carboxylic acids is 1. The Kier molecular flexibility index (Phi) is 6.43. The van der Waals surface area contributed by atoms with Gasteiger partial charge in [-0.25, -0.2) is 13.1 Å². The maximum atomic E-state index is 11.0. The molecule has 1 heterocycles. The summed E-state index contributed by atoms with van der Waals surface area (Å²) in [6.45, 7) is 3.27. The molecule has 8 heteroatoms. The lowest BCUT2D eigenvalue weighted by atomic mass is 10.3. The Hall–Kier alpha value is -0.960. The second-order valence-electron chi connectivity index (χ2n) is 4.14. The van der Waals surface area contributed by atoms with Gasteiger partial charge >= 0.3 is 0 Å². The van der Waals surface area contributed by atoms with E-state index < -0.39 is 10.0 Å². The average Bonchev–Trinajstić information content (AvgIpc) is 2.68. The Bertz CT molecular complexity index is 511. The largest absolute Gasteiger partial charge is 0.325 e. The highest BCUT2D eigenvalue weighted by Crippen LogP contribution is 2.21. The summed E-state index contributed by atoms with van der Waals surface area (Å²) in [5.41, 5.74) is 0.833. The van der Waals surface area contributed by atoms with Gasteiger partial charge in [0.15, 0.2) is 0 Å². The van der Waals surface area contributed by atoms with E-state index in [0.717, 1.165) is 16.8 Å². The minimum absolute atomic E-state index is 0.0861. The number of hydrogen-bond acceptors (Lipinski definition) is 5. The van der Waals surface area contributed by atoms with Gasteiger partial charge < -0.3 is 10.6 Å². The highest BCUT2D eigenvalue weighted by molar-refractivity contribution is 7.88. The summed E-state index contributed by atoms with van der Waals surface area (Å²) in [5.74, 6) is -0.0861. The third kappa shape index (κ3) is 7.26. The van der Waals surface area contributed by atoms with Crippen LogP contribution in [0.3, 0.4) is 0 Å². The minimum atomic E-state index is -3.10. The lowest BCUT2D eigenvalue weighted by molar-refractivity contribution is -0.114. The van der Waals surface area contributed by atoms with Gasteiger partial charge in [0.05, 0.1) is 11.9 Å².